The first-order valence-corrected chi connectivity index (χ1v) is 8.65. The molecule has 0 aliphatic heterocycles. The van der Waals surface area contributed by atoms with E-state index >= 15 is 0 Å². The summed E-state index contributed by atoms with van der Waals surface area (Å²) in [6.07, 6.45) is 5.77. The van der Waals surface area contributed by atoms with E-state index in [1.807, 2.05) is 6.92 Å². The van der Waals surface area contributed by atoms with Crippen LogP contribution in [0.15, 0.2) is 6.33 Å². The van der Waals surface area contributed by atoms with E-state index in [4.69, 9.17) is 4.74 Å². The van der Waals surface area contributed by atoms with Gasteiger partial charge < -0.3 is 10.1 Å². The molecule has 0 radical (unpaired) electrons. The normalized spacial score (nSPS) is 17.3. The van der Waals surface area contributed by atoms with Crippen molar-refractivity contribution in [3.63, 3.8) is 0 Å². The van der Waals surface area contributed by atoms with Crippen LogP contribution in [0.3, 0.4) is 0 Å². The Kier molecular flexibility index (Phi) is 4.57. The van der Waals surface area contributed by atoms with Crippen LogP contribution in [0.25, 0.3) is 10.2 Å². The van der Waals surface area contributed by atoms with E-state index in [0.29, 0.717) is 12.4 Å². The maximum absolute atomic E-state index is 11.7. The Labute approximate surface area is 134 Å². The number of carbonyl (C=O) groups is 1. The first-order valence-electron chi connectivity index (χ1n) is 7.83. The van der Waals surface area contributed by atoms with Crippen molar-refractivity contribution in [2.45, 2.75) is 39.5 Å². The van der Waals surface area contributed by atoms with Crippen LogP contribution in [0, 0.1) is 5.92 Å². The third-order valence-corrected chi connectivity index (χ3v) is 5.13. The minimum Gasteiger partial charge on any atom is -0.467 e. The summed E-state index contributed by atoms with van der Waals surface area (Å²) in [6.45, 7) is 4.99. The van der Waals surface area contributed by atoms with Crippen LogP contribution < -0.4 is 10.1 Å². The second-order valence-corrected chi connectivity index (χ2v) is 6.93. The van der Waals surface area contributed by atoms with E-state index in [1.54, 1.807) is 11.3 Å². The summed E-state index contributed by atoms with van der Waals surface area (Å²) < 4.78 is 5.67. The molecule has 1 N–H and O–H groups in total. The molecular weight excluding hydrogens is 298 g/mol. The average Bonchev–Trinajstić information content (AvgIpc) is 2.88. The van der Waals surface area contributed by atoms with Gasteiger partial charge in [0, 0.05) is 11.4 Å². The number of fused-ring (bicyclic) bond motifs is 3. The van der Waals surface area contributed by atoms with Crippen molar-refractivity contribution in [3.05, 3.63) is 16.8 Å². The van der Waals surface area contributed by atoms with E-state index in [-0.39, 0.29) is 12.5 Å². The standard InChI is InChI=1S/C16H21N3O2S/c1-3-6-17-13(20)8-21-15-14-11-5-4-10(2)7-12(11)22-16(14)19-9-18-15/h9-10H,3-8H2,1-2H3,(H,17,20)/t10-/m1/s1. The molecule has 2 heterocycles. The molecule has 6 heteroatoms. The zero-order chi connectivity index (χ0) is 15.5. The average molecular weight is 319 g/mol. The maximum Gasteiger partial charge on any atom is 0.258 e. The molecule has 118 valence electrons. The Hall–Kier alpha value is -1.69. The highest BCUT2D eigenvalue weighted by molar-refractivity contribution is 7.18. The highest BCUT2D eigenvalue weighted by Crippen LogP contribution is 2.40. The second-order valence-electron chi connectivity index (χ2n) is 5.85. The van der Waals surface area contributed by atoms with Gasteiger partial charge in [0.2, 0.25) is 5.88 Å². The van der Waals surface area contributed by atoms with Gasteiger partial charge in [-0.3, -0.25) is 4.79 Å². The van der Waals surface area contributed by atoms with Crippen LogP contribution in [0.1, 0.15) is 37.1 Å². The van der Waals surface area contributed by atoms with Crippen LogP contribution >= 0.6 is 11.3 Å². The third kappa shape index (κ3) is 3.06. The Morgan fingerprint density at radius 1 is 1.50 bits per heavy atom. The number of hydrogen-bond donors (Lipinski definition) is 1. The fourth-order valence-corrected chi connectivity index (χ4v) is 4.15. The number of nitrogens with zero attached hydrogens (tertiary/aromatic N) is 2. The van der Waals surface area contributed by atoms with E-state index in [1.165, 1.54) is 23.2 Å². The predicted molar refractivity (Wildman–Crippen MR) is 87.4 cm³/mol. The van der Waals surface area contributed by atoms with Crippen LogP contribution in [0.5, 0.6) is 5.88 Å². The molecule has 0 aromatic carbocycles. The summed E-state index contributed by atoms with van der Waals surface area (Å²) in [5.74, 6) is 1.16. The number of amides is 1. The minimum atomic E-state index is -0.105. The summed E-state index contributed by atoms with van der Waals surface area (Å²) in [5, 5.41) is 3.82. The molecule has 2 aromatic rings. The lowest BCUT2D eigenvalue weighted by molar-refractivity contribution is -0.123. The molecule has 3 rings (SSSR count). The predicted octanol–water partition coefficient (Wildman–Crippen LogP) is 2.72. The van der Waals surface area contributed by atoms with E-state index in [2.05, 4.69) is 22.2 Å². The minimum absolute atomic E-state index is 0.00708. The molecule has 0 spiro atoms. The fraction of sp³-hybridized carbons (Fsp3) is 0.562. The van der Waals surface area contributed by atoms with Crippen LogP contribution in [0.2, 0.25) is 0 Å². The monoisotopic (exact) mass is 319 g/mol. The number of thiophene rings is 1. The van der Waals surface area contributed by atoms with Crippen molar-refractivity contribution in [3.8, 4) is 5.88 Å². The lowest BCUT2D eigenvalue weighted by Crippen LogP contribution is -2.29. The van der Waals surface area contributed by atoms with Crippen molar-refractivity contribution in [1.82, 2.24) is 15.3 Å². The molecule has 1 aliphatic rings. The lowest BCUT2D eigenvalue weighted by atomic mass is 9.89. The summed E-state index contributed by atoms with van der Waals surface area (Å²) in [5.41, 5.74) is 1.32. The fourth-order valence-electron chi connectivity index (χ4n) is 2.80. The molecule has 0 saturated heterocycles. The van der Waals surface area contributed by atoms with Gasteiger partial charge in [-0.2, -0.15) is 0 Å². The maximum atomic E-state index is 11.7. The largest absolute Gasteiger partial charge is 0.467 e. The van der Waals surface area contributed by atoms with Gasteiger partial charge in [-0.25, -0.2) is 9.97 Å². The molecule has 22 heavy (non-hydrogen) atoms. The van der Waals surface area contributed by atoms with Crippen molar-refractivity contribution in [2.24, 2.45) is 5.92 Å². The van der Waals surface area contributed by atoms with Crippen LogP contribution in [0.4, 0.5) is 0 Å². The summed E-state index contributed by atoms with van der Waals surface area (Å²) in [7, 11) is 0. The van der Waals surface area contributed by atoms with Gasteiger partial charge in [0.1, 0.15) is 11.2 Å². The highest BCUT2D eigenvalue weighted by Gasteiger charge is 2.23. The van der Waals surface area contributed by atoms with E-state index in [0.717, 1.165) is 35.4 Å². The number of carbonyl (C=O) groups excluding carboxylic acids is 1. The second kappa shape index (κ2) is 6.60. The van der Waals surface area contributed by atoms with Gasteiger partial charge in [0.05, 0.1) is 5.39 Å². The molecule has 5 nitrogen and oxygen atoms in total. The first kappa shape index (κ1) is 15.2. The topological polar surface area (TPSA) is 64.1 Å². The zero-order valence-electron chi connectivity index (χ0n) is 13.0. The van der Waals surface area contributed by atoms with Gasteiger partial charge >= 0.3 is 0 Å². The molecule has 0 bridgehead atoms. The molecule has 1 amide bonds. The molecule has 1 atom stereocenters. The van der Waals surface area contributed by atoms with Crippen LogP contribution in [-0.4, -0.2) is 29.0 Å². The molecule has 1 aliphatic carbocycles. The SMILES string of the molecule is CCCNC(=O)COc1ncnc2sc3c(c12)CC[C@@H](C)C3. The van der Waals surface area contributed by atoms with Gasteiger partial charge in [-0.15, -0.1) is 11.3 Å². The smallest absolute Gasteiger partial charge is 0.258 e. The number of hydrogen-bond acceptors (Lipinski definition) is 5. The van der Waals surface area contributed by atoms with Crippen molar-refractivity contribution >= 4 is 27.5 Å². The molecule has 0 unspecified atom stereocenters. The lowest BCUT2D eigenvalue weighted by Gasteiger charge is -2.18. The van der Waals surface area contributed by atoms with Gasteiger partial charge in [0.25, 0.3) is 5.91 Å². The Bertz CT molecular complexity index is 683. The number of aromatic nitrogens is 2. The Balaban J connectivity index is 1.82. The summed E-state index contributed by atoms with van der Waals surface area (Å²) in [4.78, 5) is 22.7. The number of rotatable bonds is 5. The third-order valence-electron chi connectivity index (χ3n) is 3.97. The first-order chi connectivity index (χ1) is 10.7. The Morgan fingerprint density at radius 3 is 3.18 bits per heavy atom. The van der Waals surface area contributed by atoms with Crippen molar-refractivity contribution in [1.29, 1.82) is 0 Å². The number of nitrogens with one attached hydrogen (secondary N) is 1. The van der Waals surface area contributed by atoms with E-state index in [9.17, 15) is 4.79 Å². The number of aryl methyl sites for hydroxylation is 1. The zero-order valence-corrected chi connectivity index (χ0v) is 13.8. The molecule has 0 fully saturated rings. The Morgan fingerprint density at radius 2 is 2.36 bits per heavy atom. The van der Waals surface area contributed by atoms with Gasteiger partial charge in [-0.1, -0.05) is 13.8 Å². The molecule has 0 saturated carbocycles. The van der Waals surface area contributed by atoms with Gasteiger partial charge in [-0.05, 0) is 37.2 Å². The van der Waals surface area contributed by atoms with E-state index < -0.39 is 0 Å². The summed E-state index contributed by atoms with van der Waals surface area (Å²) >= 11 is 1.73. The number of ether oxygens (including phenoxy) is 1. The quantitative estimate of drug-likeness (QED) is 0.920. The molecular formula is C16H21N3O2S. The highest BCUT2D eigenvalue weighted by atomic mass is 32.1. The molecule has 2 aromatic heterocycles. The summed E-state index contributed by atoms with van der Waals surface area (Å²) in [6, 6.07) is 0. The van der Waals surface area contributed by atoms with Gasteiger partial charge in [0.15, 0.2) is 6.61 Å². The van der Waals surface area contributed by atoms with Crippen molar-refractivity contribution in [2.75, 3.05) is 13.2 Å². The van der Waals surface area contributed by atoms with Crippen molar-refractivity contribution < 1.29 is 9.53 Å². The van der Waals surface area contributed by atoms with Crippen LogP contribution in [-0.2, 0) is 17.6 Å².